The van der Waals surface area contributed by atoms with E-state index in [1.54, 1.807) is 6.07 Å². The molecule has 1 saturated heterocycles. The van der Waals surface area contributed by atoms with Gasteiger partial charge in [0.2, 0.25) is 5.91 Å². The highest BCUT2D eigenvalue weighted by atomic mass is 79.9. The van der Waals surface area contributed by atoms with Crippen molar-refractivity contribution in [1.29, 1.82) is 0 Å². The lowest BCUT2D eigenvalue weighted by atomic mass is 9.92. The van der Waals surface area contributed by atoms with Gasteiger partial charge in [-0.25, -0.2) is 0 Å². The molecule has 0 bridgehead atoms. The number of nitrogens with two attached hydrogens (primary N) is 1. The smallest absolute Gasteiger partial charge is 0.241 e. The number of halogens is 1. The molecule has 3 N–H and O–H groups in total. The summed E-state index contributed by atoms with van der Waals surface area (Å²) in [6.07, 6.45) is 1.73. The van der Waals surface area contributed by atoms with Crippen LogP contribution in [0.2, 0.25) is 0 Å². The maximum absolute atomic E-state index is 12.3. The fourth-order valence-corrected chi connectivity index (χ4v) is 2.96. The second-order valence-electron chi connectivity index (χ2n) is 5.81. The summed E-state index contributed by atoms with van der Waals surface area (Å²) >= 11 is 3.43. The number of nitrogens with one attached hydrogen (secondary N) is 1. The van der Waals surface area contributed by atoms with Crippen molar-refractivity contribution in [3.05, 3.63) is 22.7 Å². The molecule has 0 saturated carbocycles. The maximum atomic E-state index is 12.3. The summed E-state index contributed by atoms with van der Waals surface area (Å²) in [5.74, 6) is 0.715. The van der Waals surface area contributed by atoms with Gasteiger partial charge in [-0.05, 0) is 44.7 Å². The first-order valence-corrected chi connectivity index (χ1v) is 8.36. The van der Waals surface area contributed by atoms with Crippen LogP contribution in [-0.2, 0) is 9.53 Å². The summed E-state index contributed by atoms with van der Waals surface area (Å²) < 4.78 is 11.8. The van der Waals surface area contributed by atoms with Crippen LogP contribution < -0.4 is 15.8 Å². The van der Waals surface area contributed by atoms with Crippen molar-refractivity contribution in [3.63, 3.8) is 0 Å². The van der Waals surface area contributed by atoms with Gasteiger partial charge in [0.25, 0.3) is 0 Å². The first-order valence-electron chi connectivity index (χ1n) is 7.57. The van der Waals surface area contributed by atoms with Gasteiger partial charge < -0.3 is 20.5 Å². The molecular weight excluding hydrogens is 348 g/mol. The van der Waals surface area contributed by atoms with E-state index < -0.39 is 6.04 Å². The van der Waals surface area contributed by atoms with Gasteiger partial charge in [0.05, 0.1) is 12.1 Å². The average Bonchev–Trinajstić information content (AvgIpc) is 2.46. The van der Waals surface area contributed by atoms with Gasteiger partial charge in [-0.3, -0.25) is 4.79 Å². The van der Waals surface area contributed by atoms with E-state index in [2.05, 4.69) is 21.2 Å². The third-order valence-corrected chi connectivity index (χ3v) is 4.05. The van der Waals surface area contributed by atoms with Gasteiger partial charge in [-0.2, -0.15) is 0 Å². The van der Waals surface area contributed by atoms with Gasteiger partial charge in [0.1, 0.15) is 5.75 Å². The van der Waals surface area contributed by atoms with E-state index in [9.17, 15) is 4.79 Å². The monoisotopic (exact) mass is 370 g/mol. The molecule has 6 heteroatoms. The molecule has 5 nitrogen and oxygen atoms in total. The van der Waals surface area contributed by atoms with Crippen LogP contribution in [0.25, 0.3) is 0 Å². The van der Waals surface area contributed by atoms with Crippen molar-refractivity contribution in [2.45, 2.75) is 38.8 Å². The maximum Gasteiger partial charge on any atom is 0.241 e. The molecule has 1 aromatic carbocycles. The van der Waals surface area contributed by atoms with Crippen LogP contribution in [0.3, 0.4) is 0 Å². The Morgan fingerprint density at radius 2 is 2.05 bits per heavy atom. The molecule has 0 spiro atoms. The number of benzene rings is 1. The molecule has 1 aliphatic rings. The zero-order valence-corrected chi connectivity index (χ0v) is 14.6. The minimum absolute atomic E-state index is 0.0716. The second-order valence-corrected chi connectivity index (χ2v) is 6.72. The summed E-state index contributed by atoms with van der Waals surface area (Å²) in [6.45, 7) is 5.27. The molecule has 1 aliphatic heterocycles. The molecule has 22 heavy (non-hydrogen) atoms. The largest absolute Gasteiger partial charge is 0.491 e. The second kappa shape index (κ2) is 7.94. The van der Waals surface area contributed by atoms with Crippen LogP contribution in [0, 0.1) is 5.92 Å². The van der Waals surface area contributed by atoms with E-state index >= 15 is 0 Å². The van der Waals surface area contributed by atoms with Gasteiger partial charge in [-0.1, -0.05) is 15.9 Å². The molecule has 122 valence electrons. The normalized spacial score (nSPS) is 17.3. The van der Waals surface area contributed by atoms with E-state index in [0.717, 1.165) is 17.3 Å². The Hall–Kier alpha value is -1.11. The van der Waals surface area contributed by atoms with Crippen molar-refractivity contribution < 1.29 is 14.3 Å². The zero-order valence-electron chi connectivity index (χ0n) is 13.0. The van der Waals surface area contributed by atoms with E-state index in [4.69, 9.17) is 15.2 Å². The molecule has 1 aromatic rings. The number of rotatable bonds is 5. The minimum atomic E-state index is -0.516. The van der Waals surface area contributed by atoms with E-state index in [1.807, 2.05) is 26.0 Å². The van der Waals surface area contributed by atoms with Crippen molar-refractivity contribution in [2.75, 3.05) is 18.5 Å². The fourth-order valence-electron chi connectivity index (χ4n) is 2.49. The van der Waals surface area contributed by atoms with Crippen LogP contribution in [-0.4, -0.2) is 31.3 Å². The molecule has 0 radical (unpaired) electrons. The van der Waals surface area contributed by atoms with Crippen molar-refractivity contribution in [3.8, 4) is 5.75 Å². The first kappa shape index (κ1) is 17.2. The Bertz CT molecular complexity index is 516. The third kappa shape index (κ3) is 4.97. The predicted octanol–water partition coefficient (Wildman–Crippen LogP) is 2.93. The molecule has 1 amide bonds. The van der Waals surface area contributed by atoms with Crippen LogP contribution >= 0.6 is 15.9 Å². The first-order chi connectivity index (χ1) is 10.5. The Balaban J connectivity index is 2.02. The topological polar surface area (TPSA) is 73.6 Å². The van der Waals surface area contributed by atoms with Crippen LogP contribution in [0.4, 0.5) is 5.69 Å². The zero-order chi connectivity index (χ0) is 16.1. The Kier molecular flexibility index (Phi) is 6.23. The van der Waals surface area contributed by atoms with Gasteiger partial charge in [0, 0.05) is 29.4 Å². The van der Waals surface area contributed by atoms with E-state index in [0.29, 0.717) is 24.7 Å². The average molecular weight is 371 g/mol. The minimum Gasteiger partial charge on any atom is -0.491 e. The molecule has 1 heterocycles. The molecular formula is C16H23BrN2O3. The molecule has 1 fully saturated rings. The van der Waals surface area contributed by atoms with Gasteiger partial charge >= 0.3 is 0 Å². The van der Waals surface area contributed by atoms with Crippen molar-refractivity contribution >= 4 is 27.5 Å². The third-order valence-electron chi connectivity index (χ3n) is 3.59. The Morgan fingerprint density at radius 1 is 1.36 bits per heavy atom. The lowest BCUT2D eigenvalue weighted by Gasteiger charge is -2.26. The van der Waals surface area contributed by atoms with Gasteiger partial charge in [0.15, 0.2) is 0 Å². The van der Waals surface area contributed by atoms with E-state index in [-0.39, 0.29) is 17.9 Å². The Morgan fingerprint density at radius 3 is 2.68 bits per heavy atom. The lowest BCUT2D eigenvalue weighted by Crippen LogP contribution is -2.44. The summed E-state index contributed by atoms with van der Waals surface area (Å²) in [7, 11) is 0. The standard InChI is InChI=1S/C16H23BrN2O3/c1-10(2)22-14-8-12(17)7-13(9-14)19-16(20)15(18)11-3-5-21-6-4-11/h7-11,15H,3-6,18H2,1-2H3,(H,19,20). The summed E-state index contributed by atoms with van der Waals surface area (Å²) in [4.78, 5) is 12.3. The van der Waals surface area contributed by atoms with Gasteiger partial charge in [-0.15, -0.1) is 0 Å². The fraction of sp³-hybridized carbons (Fsp3) is 0.562. The van der Waals surface area contributed by atoms with Crippen LogP contribution in [0.15, 0.2) is 22.7 Å². The number of carbonyl (C=O) groups excluding carboxylic acids is 1. The number of anilines is 1. The quantitative estimate of drug-likeness (QED) is 0.835. The van der Waals surface area contributed by atoms with Crippen molar-refractivity contribution in [1.82, 2.24) is 0 Å². The van der Waals surface area contributed by atoms with Crippen LogP contribution in [0.1, 0.15) is 26.7 Å². The summed E-state index contributed by atoms with van der Waals surface area (Å²) in [5.41, 5.74) is 6.76. The predicted molar refractivity (Wildman–Crippen MR) is 90.1 cm³/mol. The van der Waals surface area contributed by atoms with Crippen LogP contribution in [0.5, 0.6) is 5.75 Å². The number of hydrogen-bond donors (Lipinski definition) is 2. The SMILES string of the molecule is CC(C)Oc1cc(Br)cc(NC(=O)C(N)C2CCOCC2)c1. The summed E-state index contributed by atoms with van der Waals surface area (Å²) in [6, 6.07) is 4.99. The number of carbonyl (C=O) groups is 1. The molecule has 1 unspecified atom stereocenters. The molecule has 2 rings (SSSR count). The highest BCUT2D eigenvalue weighted by molar-refractivity contribution is 9.10. The highest BCUT2D eigenvalue weighted by Crippen LogP contribution is 2.26. The van der Waals surface area contributed by atoms with Crippen molar-refractivity contribution in [2.24, 2.45) is 11.7 Å². The molecule has 0 aromatic heterocycles. The Labute approximate surface area is 139 Å². The number of ether oxygens (including phenoxy) is 2. The number of amides is 1. The highest BCUT2D eigenvalue weighted by Gasteiger charge is 2.26. The molecule has 0 aliphatic carbocycles. The van der Waals surface area contributed by atoms with E-state index in [1.165, 1.54) is 0 Å². The molecule has 1 atom stereocenters. The number of hydrogen-bond acceptors (Lipinski definition) is 4. The lowest BCUT2D eigenvalue weighted by molar-refractivity contribution is -0.119. The summed E-state index contributed by atoms with van der Waals surface area (Å²) in [5, 5.41) is 2.88.